The predicted octanol–water partition coefficient (Wildman–Crippen LogP) is 1.24. The largest absolute Gasteiger partial charge is 0.361 e. The second kappa shape index (κ2) is 4.17. The van der Waals surface area contributed by atoms with Gasteiger partial charge in [0.15, 0.2) is 0 Å². The molecule has 0 saturated carbocycles. The maximum absolute atomic E-state index is 5.72. The topological polar surface area (TPSA) is 33.3 Å². The molecule has 0 radical (unpaired) electrons. The van der Waals surface area contributed by atoms with Gasteiger partial charge in [0.25, 0.3) is 0 Å². The standard InChI is InChI=1S/C11H22N2O/c1-11(2)8-14-10(13-11)7-9-5-3-4-6-12-9/h9-10,12-13H,3-8H2,1-2H3. The number of rotatable bonds is 2. The number of ether oxygens (including phenoxy) is 1. The van der Waals surface area contributed by atoms with E-state index in [4.69, 9.17) is 4.74 Å². The van der Waals surface area contributed by atoms with Crippen LogP contribution < -0.4 is 10.6 Å². The first-order valence-electron chi connectivity index (χ1n) is 5.78. The maximum Gasteiger partial charge on any atom is 0.110 e. The van der Waals surface area contributed by atoms with Crippen molar-refractivity contribution in [2.24, 2.45) is 0 Å². The van der Waals surface area contributed by atoms with Crippen LogP contribution in [0.1, 0.15) is 39.5 Å². The zero-order valence-corrected chi connectivity index (χ0v) is 9.31. The van der Waals surface area contributed by atoms with Crippen molar-refractivity contribution in [3.8, 4) is 0 Å². The summed E-state index contributed by atoms with van der Waals surface area (Å²) in [5.41, 5.74) is 0.166. The summed E-state index contributed by atoms with van der Waals surface area (Å²) in [6.45, 7) is 6.41. The predicted molar refractivity (Wildman–Crippen MR) is 57.2 cm³/mol. The molecule has 2 aliphatic heterocycles. The van der Waals surface area contributed by atoms with Gasteiger partial charge in [-0.05, 0) is 33.2 Å². The van der Waals surface area contributed by atoms with Crippen LogP contribution in [0.2, 0.25) is 0 Å². The van der Waals surface area contributed by atoms with Crippen molar-refractivity contribution >= 4 is 0 Å². The maximum atomic E-state index is 5.72. The van der Waals surface area contributed by atoms with E-state index >= 15 is 0 Å². The Morgan fingerprint density at radius 1 is 1.36 bits per heavy atom. The fourth-order valence-electron chi connectivity index (χ4n) is 2.34. The minimum absolute atomic E-state index is 0.166. The normalized spacial score (nSPS) is 37.3. The van der Waals surface area contributed by atoms with Crippen molar-refractivity contribution < 1.29 is 4.74 Å². The molecule has 2 fully saturated rings. The Kier molecular flexibility index (Phi) is 3.10. The lowest BCUT2D eigenvalue weighted by Gasteiger charge is -2.26. The van der Waals surface area contributed by atoms with Crippen molar-refractivity contribution in [1.82, 2.24) is 10.6 Å². The molecule has 2 heterocycles. The SMILES string of the molecule is CC1(C)COC(CC2CCCCN2)N1. The molecule has 0 spiro atoms. The van der Waals surface area contributed by atoms with Gasteiger partial charge in [-0.2, -0.15) is 0 Å². The molecule has 2 rings (SSSR count). The van der Waals surface area contributed by atoms with E-state index in [-0.39, 0.29) is 11.8 Å². The van der Waals surface area contributed by atoms with Gasteiger partial charge in [-0.25, -0.2) is 0 Å². The third-order valence-corrected chi connectivity index (χ3v) is 3.11. The summed E-state index contributed by atoms with van der Waals surface area (Å²) >= 11 is 0. The van der Waals surface area contributed by atoms with E-state index in [0.717, 1.165) is 13.0 Å². The van der Waals surface area contributed by atoms with Crippen LogP contribution in [0.3, 0.4) is 0 Å². The molecule has 0 aromatic rings. The molecule has 2 aliphatic rings. The molecule has 2 unspecified atom stereocenters. The van der Waals surface area contributed by atoms with Gasteiger partial charge in [-0.1, -0.05) is 6.42 Å². The summed E-state index contributed by atoms with van der Waals surface area (Å²) in [7, 11) is 0. The number of piperidine rings is 1. The summed E-state index contributed by atoms with van der Waals surface area (Å²) in [4.78, 5) is 0. The minimum Gasteiger partial charge on any atom is -0.361 e. The summed E-state index contributed by atoms with van der Waals surface area (Å²) in [5.74, 6) is 0. The first kappa shape index (κ1) is 10.4. The van der Waals surface area contributed by atoms with Gasteiger partial charge >= 0.3 is 0 Å². The van der Waals surface area contributed by atoms with E-state index in [9.17, 15) is 0 Å². The molecular formula is C11H22N2O. The zero-order valence-electron chi connectivity index (χ0n) is 9.31. The van der Waals surface area contributed by atoms with Gasteiger partial charge in [0, 0.05) is 18.0 Å². The lowest BCUT2D eigenvalue weighted by atomic mass is 10.0. The van der Waals surface area contributed by atoms with Crippen LogP contribution in [0.15, 0.2) is 0 Å². The Morgan fingerprint density at radius 2 is 2.21 bits per heavy atom. The highest BCUT2D eigenvalue weighted by atomic mass is 16.5. The molecule has 0 amide bonds. The average molecular weight is 198 g/mol. The highest BCUT2D eigenvalue weighted by Gasteiger charge is 2.32. The third kappa shape index (κ3) is 2.69. The van der Waals surface area contributed by atoms with E-state index in [0.29, 0.717) is 6.04 Å². The first-order chi connectivity index (χ1) is 6.66. The molecule has 2 saturated heterocycles. The fourth-order valence-corrected chi connectivity index (χ4v) is 2.34. The van der Waals surface area contributed by atoms with Crippen LogP contribution in [0.25, 0.3) is 0 Å². The van der Waals surface area contributed by atoms with E-state index in [2.05, 4.69) is 24.5 Å². The van der Waals surface area contributed by atoms with Crippen LogP contribution in [0, 0.1) is 0 Å². The molecule has 0 aromatic carbocycles. The van der Waals surface area contributed by atoms with Crippen LogP contribution in [0.4, 0.5) is 0 Å². The molecule has 82 valence electrons. The lowest BCUT2D eigenvalue weighted by Crippen LogP contribution is -2.43. The van der Waals surface area contributed by atoms with Crippen molar-refractivity contribution in [3.63, 3.8) is 0 Å². The third-order valence-electron chi connectivity index (χ3n) is 3.11. The molecule has 2 atom stereocenters. The quantitative estimate of drug-likeness (QED) is 0.700. The molecule has 3 heteroatoms. The van der Waals surface area contributed by atoms with Gasteiger partial charge in [-0.15, -0.1) is 0 Å². The van der Waals surface area contributed by atoms with Gasteiger partial charge in [-0.3, -0.25) is 5.32 Å². The molecule has 0 aliphatic carbocycles. The Bertz CT molecular complexity index is 188. The van der Waals surface area contributed by atoms with E-state index in [1.807, 2.05) is 0 Å². The Labute approximate surface area is 86.6 Å². The summed E-state index contributed by atoms with van der Waals surface area (Å²) in [6.07, 6.45) is 5.39. The summed E-state index contributed by atoms with van der Waals surface area (Å²) in [5, 5.41) is 7.07. The minimum atomic E-state index is 0.166. The van der Waals surface area contributed by atoms with Crippen molar-refractivity contribution in [2.75, 3.05) is 13.2 Å². The molecule has 14 heavy (non-hydrogen) atoms. The second-order valence-corrected chi connectivity index (χ2v) is 5.21. The van der Waals surface area contributed by atoms with Gasteiger partial charge in [0.2, 0.25) is 0 Å². The van der Waals surface area contributed by atoms with Crippen LogP contribution in [-0.4, -0.2) is 31.0 Å². The Balaban J connectivity index is 1.75. The van der Waals surface area contributed by atoms with Crippen molar-refractivity contribution in [2.45, 2.75) is 57.3 Å². The lowest BCUT2D eigenvalue weighted by molar-refractivity contribution is 0.0796. The fraction of sp³-hybridized carbons (Fsp3) is 1.00. The monoisotopic (exact) mass is 198 g/mol. The van der Waals surface area contributed by atoms with Crippen LogP contribution >= 0.6 is 0 Å². The molecule has 2 N–H and O–H groups in total. The van der Waals surface area contributed by atoms with Gasteiger partial charge in [0.05, 0.1) is 6.61 Å². The van der Waals surface area contributed by atoms with Crippen LogP contribution in [0.5, 0.6) is 0 Å². The Hall–Kier alpha value is -0.120. The smallest absolute Gasteiger partial charge is 0.110 e. The number of hydrogen-bond acceptors (Lipinski definition) is 3. The number of hydrogen-bond donors (Lipinski definition) is 2. The summed E-state index contributed by atoms with van der Waals surface area (Å²) in [6, 6.07) is 0.662. The molecule has 0 aromatic heterocycles. The molecule has 3 nitrogen and oxygen atoms in total. The van der Waals surface area contributed by atoms with E-state index < -0.39 is 0 Å². The number of nitrogens with one attached hydrogen (secondary N) is 2. The van der Waals surface area contributed by atoms with Crippen molar-refractivity contribution in [3.05, 3.63) is 0 Å². The van der Waals surface area contributed by atoms with Crippen LogP contribution in [-0.2, 0) is 4.74 Å². The zero-order chi connectivity index (χ0) is 10.0. The van der Waals surface area contributed by atoms with E-state index in [1.165, 1.54) is 25.8 Å². The second-order valence-electron chi connectivity index (χ2n) is 5.21. The Morgan fingerprint density at radius 3 is 2.79 bits per heavy atom. The van der Waals surface area contributed by atoms with Gasteiger partial charge < -0.3 is 10.1 Å². The van der Waals surface area contributed by atoms with Gasteiger partial charge in [0.1, 0.15) is 6.23 Å². The average Bonchev–Trinajstić information content (AvgIpc) is 2.47. The summed E-state index contributed by atoms with van der Waals surface area (Å²) < 4.78 is 5.72. The molecular weight excluding hydrogens is 176 g/mol. The highest BCUT2D eigenvalue weighted by molar-refractivity contribution is 4.87. The molecule has 0 bridgehead atoms. The van der Waals surface area contributed by atoms with E-state index in [1.54, 1.807) is 0 Å². The first-order valence-corrected chi connectivity index (χ1v) is 5.78. The van der Waals surface area contributed by atoms with Crippen molar-refractivity contribution in [1.29, 1.82) is 0 Å². The highest BCUT2D eigenvalue weighted by Crippen LogP contribution is 2.19.